The van der Waals surface area contributed by atoms with E-state index in [-0.39, 0.29) is 5.91 Å². The van der Waals surface area contributed by atoms with Crippen LogP contribution in [0.4, 0.5) is 5.69 Å². The quantitative estimate of drug-likeness (QED) is 0.896. The van der Waals surface area contributed by atoms with Crippen molar-refractivity contribution in [3.63, 3.8) is 0 Å². The molecule has 20 heavy (non-hydrogen) atoms. The van der Waals surface area contributed by atoms with E-state index in [2.05, 4.69) is 5.32 Å². The third-order valence-electron chi connectivity index (χ3n) is 2.96. The Bertz CT molecular complexity index is 624. The summed E-state index contributed by atoms with van der Waals surface area (Å²) in [5.74, 6) is 1.20. The molecule has 0 radical (unpaired) electrons. The average molecular weight is 270 g/mol. The smallest absolute Gasteiger partial charge is 0.221 e. The Hall–Kier alpha value is -2.33. The van der Waals surface area contributed by atoms with Crippen molar-refractivity contribution < 1.29 is 9.53 Å². The molecule has 0 aliphatic carbocycles. The summed E-state index contributed by atoms with van der Waals surface area (Å²) in [6, 6.07) is 13.1. The molecule has 0 atom stereocenters. The number of amides is 1. The zero-order valence-electron chi connectivity index (χ0n) is 11.6. The summed E-state index contributed by atoms with van der Waals surface area (Å²) in [5.41, 5.74) is 8.47. The third-order valence-corrected chi connectivity index (χ3v) is 2.96. The molecule has 0 aliphatic heterocycles. The number of rotatable bonds is 4. The lowest BCUT2D eigenvalue weighted by Crippen LogP contribution is -2.06. The molecule has 2 rings (SSSR count). The van der Waals surface area contributed by atoms with E-state index in [0.29, 0.717) is 18.0 Å². The Morgan fingerprint density at radius 3 is 2.65 bits per heavy atom. The summed E-state index contributed by atoms with van der Waals surface area (Å²) in [7, 11) is 0. The molecule has 4 heteroatoms. The van der Waals surface area contributed by atoms with E-state index in [9.17, 15) is 4.79 Å². The average Bonchev–Trinajstić information content (AvgIpc) is 2.41. The predicted molar refractivity (Wildman–Crippen MR) is 79.9 cm³/mol. The lowest BCUT2D eigenvalue weighted by molar-refractivity contribution is -0.114. The lowest BCUT2D eigenvalue weighted by atomic mass is 10.1. The normalized spacial score (nSPS) is 10.2. The summed E-state index contributed by atoms with van der Waals surface area (Å²) in [4.78, 5) is 11.2. The maximum absolute atomic E-state index is 11.2. The van der Waals surface area contributed by atoms with Crippen LogP contribution in [0.5, 0.6) is 11.5 Å². The molecular weight excluding hydrogens is 252 g/mol. The number of nitrogens with one attached hydrogen (secondary N) is 1. The van der Waals surface area contributed by atoms with Gasteiger partial charge in [-0.05, 0) is 42.3 Å². The van der Waals surface area contributed by atoms with Crippen LogP contribution in [0.2, 0.25) is 0 Å². The maximum atomic E-state index is 11.2. The van der Waals surface area contributed by atoms with Gasteiger partial charge in [0.1, 0.15) is 5.75 Å². The van der Waals surface area contributed by atoms with Gasteiger partial charge in [-0.1, -0.05) is 18.2 Å². The third kappa shape index (κ3) is 3.36. The number of anilines is 1. The highest BCUT2D eigenvalue weighted by molar-refractivity contribution is 5.90. The van der Waals surface area contributed by atoms with Gasteiger partial charge in [0.25, 0.3) is 0 Å². The first-order valence-corrected chi connectivity index (χ1v) is 6.44. The number of nitrogens with two attached hydrogens (primary N) is 1. The number of ether oxygens (including phenoxy) is 1. The summed E-state index contributed by atoms with van der Waals surface area (Å²) in [6.07, 6.45) is 0. The highest BCUT2D eigenvalue weighted by atomic mass is 16.5. The molecule has 4 nitrogen and oxygen atoms in total. The molecule has 0 fully saturated rings. The van der Waals surface area contributed by atoms with Crippen molar-refractivity contribution in [3.8, 4) is 11.5 Å². The van der Waals surface area contributed by atoms with Crippen LogP contribution in [0.15, 0.2) is 42.5 Å². The number of para-hydroxylation sites is 2. The highest BCUT2D eigenvalue weighted by Crippen LogP contribution is 2.30. The van der Waals surface area contributed by atoms with Crippen molar-refractivity contribution in [1.29, 1.82) is 0 Å². The first kappa shape index (κ1) is 14.1. The zero-order valence-corrected chi connectivity index (χ0v) is 11.6. The van der Waals surface area contributed by atoms with Gasteiger partial charge in [0.05, 0.1) is 5.69 Å². The van der Waals surface area contributed by atoms with Crippen molar-refractivity contribution in [3.05, 3.63) is 53.6 Å². The predicted octanol–water partition coefficient (Wildman–Crippen LogP) is 3.20. The lowest BCUT2D eigenvalue weighted by Gasteiger charge is -2.12. The van der Waals surface area contributed by atoms with Gasteiger partial charge in [-0.25, -0.2) is 0 Å². The standard InChI is InChI=1S/C16H18N2O2/c1-11-9-14(8-7-13(11)10-17)20-16-6-4-3-5-15(16)18-12(2)19/h3-9H,10,17H2,1-2H3,(H,18,19). The first-order chi connectivity index (χ1) is 9.60. The van der Waals surface area contributed by atoms with Gasteiger partial charge in [-0.15, -0.1) is 0 Å². The number of carbonyl (C=O) groups excluding carboxylic acids is 1. The van der Waals surface area contributed by atoms with Crippen LogP contribution >= 0.6 is 0 Å². The van der Waals surface area contributed by atoms with Crippen LogP contribution in [-0.2, 0) is 11.3 Å². The summed E-state index contributed by atoms with van der Waals surface area (Å²) < 4.78 is 5.84. The van der Waals surface area contributed by atoms with E-state index in [1.807, 2.05) is 43.3 Å². The zero-order chi connectivity index (χ0) is 14.5. The van der Waals surface area contributed by atoms with Crippen LogP contribution in [0.3, 0.4) is 0 Å². The van der Waals surface area contributed by atoms with Crippen molar-refractivity contribution in [2.24, 2.45) is 5.73 Å². The van der Waals surface area contributed by atoms with E-state index >= 15 is 0 Å². The first-order valence-electron chi connectivity index (χ1n) is 6.44. The van der Waals surface area contributed by atoms with Gasteiger partial charge in [0.15, 0.2) is 5.75 Å². The molecule has 104 valence electrons. The van der Waals surface area contributed by atoms with Crippen LogP contribution in [-0.4, -0.2) is 5.91 Å². The summed E-state index contributed by atoms with van der Waals surface area (Å²) in [6.45, 7) is 3.97. The van der Waals surface area contributed by atoms with E-state index in [0.717, 1.165) is 16.9 Å². The molecule has 2 aromatic rings. The molecule has 0 heterocycles. The fourth-order valence-corrected chi connectivity index (χ4v) is 1.94. The number of aryl methyl sites for hydroxylation is 1. The molecule has 0 unspecified atom stereocenters. The Kier molecular flexibility index (Phi) is 4.38. The molecule has 2 aromatic carbocycles. The van der Waals surface area contributed by atoms with Crippen molar-refractivity contribution in [2.45, 2.75) is 20.4 Å². The van der Waals surface area contributed by atoms with E-state index in [1.54, 1.807) is 6.07 Å². The van der Waals surface area contributed by atoms with Crippen molar-refractivity contribution in [2.75, 3.05) is 5.32 Å². The minimum Gasteiger partial charge on any atom is -0.455 e. The van der Waals surface area contributed by atoms with Crippen molar-refractivity contribution >= 4 is 11.6 Å². The number of carbonyl (C=O) groups is 1. The van der Waals surface area contributed by atoms with Crippen LogP contribution < -0.4 is 15.8 Å². The van der Waals surface area contributed by atoms with Crippen LogP contribution in [0, 0.1) is 6.92 Å². The summed E-state index contributed by atoms with van der Waals surface area (Å²) in [5, 5.41) is 2.75. The van der Waals surface area contributed by atoms with Gasteiger partial charge < -0.3 is 15.8 Å². The second kappa shape index (κ2) is 6.21. The van der Waals surface area contributed by atoms with Gasteiger partial charge in [-0.2, -0.15) is 0 Å². The molecule has 3 N–H and O–H groups in total. The molecular formula is C16H18N2O2. The molecule has 0 aliphatic rings. The van der Waals surface area contributed by atoms with Crippen LogP contribution in [0.25, 0.3) is 0 Å². The van der Waals surface area contributed by atoms with Crippen molar-refractivity contribution in [1.82, 2.24) is 0 Å². The monoisotopic (exact) mass is 270 g/mol. The van der Waals surface area contributed by atoms with Gasteiger partial charge in [0, 0.05) is 13.5 Å². The molecule has 0 saturated heterocycles. The van der Waals surface area contributed by atoms with E-state index < -0.39 is 0 Å². The number of benzene rings is 2. The maximum Gasteiger partial charge on any atom is 0.221 e. The Balaban J connectivity index is 2.25. The van der Waals surface area contributed by atoms with E-state index in [4.69, 9.17) is 10.5 Å². The Labute approximate surface area is 118 Å². The minimum absolute atomic E-state index is 0.129. The molecule has 0 spiro atoms. The van der Waals surface area contributed by atoms with E-state index in [1.165, 1.54) is 6.92 Å². The fourth-order valence-electron chi connectivity index (χ4n) is 1.94. The molecule has 0 saturated carbocycles. The Morgan fingerprint density at radius 1 is 1.25 bits per heavy atom. The fraction of sp³-hybridized carbons (Fsp3) is 0.188. The topological polar surface area (TPSA) is 64.3 Å². The molecule has 1 amide bonds. The molecule has 0 bridgehead atoms. The largest absolute Gasteiger partial charge is 0.455 e. The van der Waals surface area contributed by atoms with Gasteiger partial charge in [0.2, 0.25) is 5.91 Å². The number of hydrogen-bond acceptors (Lipinski definition) is 3. The van der Waals surface area contributed by atoms with Gasteiger partial charge in [-0.3, -0.25) is 4.79 Å². The van der Waals surface area contributed by atoms with Gasteiger partial charge >= 0.3 is 0 Å². The second-order valence-electron chi connectivity index (χ2n) is 4.57. The van der Waals surface area contributed by atoms with Crippen LogP contribution in [0.1, 0.15) is 18.1 Å². The Morgan fingerprint density at radius 2 is 2.00 bits per heavy atom. The number of hydrogen-bond donors (Lipinski definition) is 2. The minimum atomic E-state index is -0.129. The summed E-state index contributed by atoms with van der Waals surface area (Å²) >= 11 is 0. The highest BCUT2D eigenvalue weighted by Gasteiger charge is 2.06. The second-order valence-corrected chi connectivity index (χ2v) is 4.57. The molecule has 0 aromatic heterocycles. The SMILES string of the molecule is CC(=O)Nc1ccccc1Oc1ccc(CN)c(C)c1.